The summed E-state index contributed by atoms with van der Waals surface area (Å²) in [5.74, 6) is -0.218. The van der Waals surface area contributed by atoms with Crippen LogP contribution in [0.25, 0.3) is 11.1 Å². The van der Waals surface area contributed by atoms with Crippen LogP contribution in [0.5, 0.6) is 0 Å². The maximum atomic E-state index is 11.8. The summed E-state index contributed by atoms with van der Waals surface area (Å²) in [5, 5.41) is 3.20. The molecule has 2 rings (SSSR count). The fourth-order valence-corrected chi connectivity index (χ4v) is 2.80. The van der Waals surface area contributed by atoms with Gasteiger partial charge in [0.2, 0.25) is 0 Å². The van der Waals surface area contributed by atoms with Crippen LogP contribution in [0.2, 0.25) is 0 Å². The smallest absolute Gasteiger partial charge is 0.310 e. The van der Waals surface area contributed by atoms with Crippen molar-refractivity contribution in [3.8, 4) is 11.1 Å². The minimum Gasteiger partial charge on any atom is -0.469 e. The first-order valence-corrected chi connectivity index (χ1v) is 7.42. The summed E-state index contributed by atoms with van der Waals surface area (Å²) in [4.78, 5) is 11.8. The summed E-state index contributed by atoms with van der Waals surface area (Å²) in [6, 6.07) is 10.5. The van der Waals surface area contributed by atoms with E-state index in [0.717, 1.165) is 33.5 Å². The van der Waals surface area contributed by atoms with Gasteiger partial charge in [-0.1, -0.05) is 29.8 Å². The zero-order valence-electron chi connectivity index (χ0n) is 13.9. The van der Waals surface area contributed by atoms with Crippen molar-refractivity contribution in [2.75, 3.05) is 19.5 Å². The van der Waals surface area contributed by atoms with Crippen LogP contribution in [0.4, 0.5) is 5.69 Å². The standard InChI is InChI=1S/C19H23NO2/c1-12-6-8-15(9-7-12)19-13(2)10-17(20-4)14(3)16(19)11-18(21)22-5/h6-10,20H,11H2,1-5H3. The normalized spacial score (nSPS) is 10.4. The SMILES string of the molecule is CNc1cc(C)c(-c2ccc(C)cc2)c(CC(=O)OC)c1C. The molecule has 0 aromatic heterocycles. The van der Waals surface area contributed by atoms with Gasteiger partial charge in [0.05, 0.1) is 13.5 Å². The molecule has 0 saturated heterocycles. The lowest BCUT2D eigenvalue weighted by Gasteiger charge is -2.19. The molecule has 3 nitrogen and oxygen atoms in total. The van der Waals surface area contributed by atoms with Gasteiger partial charge in [-0.05, 0) is 54.7 Å². The van der Waals surface area contributed by atoms with Crippen molar-refractivity contribution in [2.24, 2.45) is 0 Å². The number of nitrogens with one attached hydrogen (secondary N) is 1. The first-order chi connectivity index (χ1) is 10.5. The minimum atomic E-state index is -0.218. The third-order valence-corrected chi connectivity index (χ3v) is 4.07. The summed E-state index contributed by atoms with van der Waals surface area (Å²) in [6.07, 6.45) is 0.280. The van der Waals surface area contributed by atoms with Crippen molar-refractivity contribution >= 4 is 11.7 Å². The lowest BCUT2D eigenvalue weighted by Crippen LogP contribution is -2.10. The Balaban J connectivity index is 2.67. The topological polar surface area (TPSA) is 38.3 Å². The van der Waals surface area contributed by atoms with Gasteiger partial charge in [0.1, 0.15) is 0 Å². The first kappa shape index (κ1) is 16.1. The molecule has 2 aromatic rings. The molecule has 2 aromatic carbocycles. The van der Waals surface area contributed by atoms with Crippen LogP contribution in [0.3, 0.4) is 0 Å². The minimum absolute atomic E-state index is 0.218. The van der Waals surface area contributed by atoms with Gasteiger partial charge in [0, 0.05) is 12.7 Å². The zero-order valence-corrected chi connectivity index (χ0v) is 13.9. The average molecular weight is 297 g/mol. The molecule has 0 heterocycles. The molecule has 0 fully saturated rings. The van der Waals surface area contributed by atoms with Crippen LogP contribution >= 0.6 is 0 Å². The maximum absolute atomic E-state index is 11.8. The number of ether oxygens (including phenoxy) is 1. The predicted octanol–water partition coefficient (Wildman–Crippen LogP) is 4.04. The summed E-state index contributed by atoms with van der Waals surface area (Å²) in [7, 11) is 3.33. The highest BCUT2D eigenvalue weighted by Crippen LogP contribution is 2.34. The lowest BCUT2D eigenvalue weighted by molar-refractivity contribution is -0.139. The second-order valence-electron chi connectivity index (χ2n) is 5.59. The molecule has 0 spiro atoms. The Hall–Kier alpha value is -2.29. The number of methoxy groups -OCH3 is 1. The van der Waals surface area contributed by atoms with E-state index in [-0.39, 0.29) is 12.4 Å². The van der Waals surface area contributed by atoms with Crippen LogP contribution in [0.1, 0.15) is 22.3 Å². The molecule has 0 unspecified atom stereocenters. The molecule has 22 heavy (non-hydrogen) atoms. The molecule has 0 radical (unpaired) electrons. The Morgan fingerprint density at radius 3 is 2.32 bits per heavy atom. The van der Waals surface area contributed by atoms with Gasteiger partial charge >= 0.3 is 5.97 Å². The molecule has 0 atom stereocenters. The molecule has 0 aliphatic rings. The predicted molar refractivity (Wildman–Crippen MR) is 91.4 cm³/mol. The van der Waals surface area contributed by atoms with Crippen molar-refractivity contribution in [3.05, 3.63) is 52.6 Å². The van der Waals surface area contributed by atoms with E-state index < -0.39 is 0 Å². The fourth-order valence-electron chi connectivity index (χ4n) is 2.80. The third-order valence-electron chi connectivity index (χ3n) is 4.07. The largest absolute Gasteiger partial charge is 0.469 e. The number of hydrogen-bond acceptors (Lipinski definition) is 3. The Bertz CT molecular complexity index is 688. The van der Waals surface area contributed by atoms with Crippen molar-refractivity contribution in [2.45, 2.75) is 27.2 Å². The molecular weight excluding hydrogens is 274 g/mol. The number of esters is 1. The average Bonchev–Trinajstić information content (AvgIpc) is 2.51. The van der Waals surface area contributed by atoms with Crippen molar-refractivity contribution < 1.29 is 9.53 Å². The van der Waals surface area contributed by atoms with Gasteiger partial charge in [-0.15, -0.1) is 0 Å². The molecule has 0 bridgehead atoms. The Kier molecular flexibility index (Phi) is 4.86. The quantitative estimate of drug-likeness (QED) is 0.866. The number of hydrogen-bond donors (Lipinski definition) is 1. The van der Waals surface area contributed by atoms with E-state index in [1.165, 1.54) is 12.7 Å². The lowest BCUT2D eigenvalue weighted by atomic mass is 9.88. The van der Waals surface area contributed by atoms with E-state index in [2.05, 4.69) is 49.5 Å². The summed E-state index contributed by atoms with van der Waals surface area (Å²) >= 11 is 0. The number of benzene rings is 2. The Morgan fingerprint density at radius 1 is 1.14 bits per heavy atom. The number of aryl methyl sites for hydroxylation is 2. The monoisotopic (exact) mass is 297 g/mol. The second kappa shape index (κ2) is 6.65. The highest BCUT2D eigenvalue weighted by molar-refractivity contribution is 5.83. The number of rotatable bonds is 4. The van der Waals surface area contributed by atoms with E-state index >= 15 is 0 Å². The second-order valence-corrected chi connectivity index (χ2v) is 5.59. The number of carbonyl (C=O) groups is 1. The summed E-state index contributed by atoms with van der Waals surface area (Å²) < 4.78 is 4.87. The molecule has 0 aliphatic carbocycles. The zero-order chi connectivity index (χ0) is 16.3. The third kappa shape index (κ3) is 3.14. The molecule has 1 N–H and O–H groups in total. The fraction of sp³-hybridized carbons (Fsp3) is 0.316. The van der Waals surface area contributed by atoms with Gasteiger partial charge in [0.15, 0.2) is 0 Å². The number of anilines is 1. The van der Waals surface area contributed by atoms with Crippen molar-refractivity contribution in [1.29, 1.82) is 0 Å². The summed E-state index contributed by atoms with van der Waals surface area (Å²) in [5.41, 5.74) is 7.80. The molecule has 0 saturated carbocycles. The molecule has 0 amide bonds. The van der Waals surface area contributed by atoms with Gasteiger partial charge in [-0.2, -0.15) is 0 Å². The highest BCUT2D eigenvalue weighted by Gasteiger charge is 2.17. The Labute approximate surface area is 132 Å². The van der Waals surface area contributed by atoms with E-state index in [9.17, 15) is 4.79 Å². The van der Waals surface area contributed by atoms with Crippen LogP contribution < -0.4 is 5.32 Å². The molecule has 3 heteroatoms. The molecule has 116 valence electrons. The van der Waals surface area contributed by atoms with E-state index in [1.54, 1.807) is 0 Å². The summed E-state index contributed by atoms with van der Waals surface area (Å²) in [6.45, 7) is 6.19. The Morgan fingerprint density at radius 2 is 1.77 bits per heavy atom. The van der Waals surface area contributed by atoms with Gasteiger partial charge in [-0.25, -0.2) is 0 Å². The first-order valence-electron chi connectivity index (χ1n) is 7.42. The van der Waals surface area contributed by atoms with Crippen LogP contribution in [-0.2, 0) is 16.0 Å². The maximum Gasteiger partial charge on any atom is 0.310 e. The van der Waals surface area contributed by atoms with Crippen molar-refractivity contribution in [1.82, 2.24) is 0 Å². The van der Waals surface area contributed by atoms with Gasteiger partial charge in [-0.3, -0.25) is 4.79 Å². The van der Waals surface area contributed by atoms with Crippen LogP contribution in [0.15, 0.2) is 30.3 Å². The van der Waals surface area contributed by atoms with Crippen LogP contribution in [-0.4, -0.2) is 20.1 Å². The highest BCUT2D eigenvalue weighted by atomic mass is 16.5. The van der Waals surface area contributed by atoms with Gasteiger partial charge in [0.25, 0.3) is 0 Å². The van der Waals surface area contributed by atoms with Crippen molar-refractivity contribution in [3.63, 3.8) is 0 Å². The van der Waals surface area contributed by atoms with E-state index in [0.29, 0.717) is 0 Å². The molecule has 0 aliphatic heterocycles. The number of carbonyl (C=O) groups excluding carboxylic acids is 1. The molecular formula is C19H23NO2. The van der Waals surface area contributed by atoms with Crippen LogP contribution in [0, 0.1) is 20.8 Å². The van der Waals surface area contributed by atoms with Gasteiger partial charge < -0.3 is 10.1 Å². The van der Waals surface area contributed by atoms with E-state index in [4.69, 9.17) is 4.74 Å². The van der Waals surface area contributed by atoms with E-state index in [1.807, 2.05) is 14.0 Å².